The van der Waals surface area contributed by atoms with Crippen LogP contribution in [0.2, 0.25) is 0 Å². The lowest BCUT2D eigenvalue weighted by Gasteiger charge is -2.27. The monoisotopic (exact) mass is 350 g/mol. The van der Waals surface area contributed by atoms with E-state index in [0.717, 1.165) is 45.0 Å². The largest absolute Gasteiger partial charge is 0.357 e. The third kappa shape index (κ3) is 5.82. The summed E-state index contributed by atoms with van der Waals surface area (Å²) in [7, 11) is 0. The Balaban J connectivity index is 1.74. The van der Waals surface area contributed by atoms with E-state index in [1.165, 1.54) is 10.4 Å². The van der Waals surface area contributed by atoms with Crippen molar-refractivity contribution in [2.24, 2.45) is 10.9 Å². The second-order valence-electron chi connectivity index (χ2n) is 6.55. The molecule has 2 N–H and O–H groups in total. The molecule has 1 aromatic heterocycles. The van der Waals surface area contributed by atoms with E-state index in [9.17, 15) is 4.79 Å². The number of amides is 1. The van der Waals surface area contributed by atoms with Gasteiger partial charge < -0.3 is 15.5 Å². The molecule has 2 rings (SSSR count). The van der Waals surface area contributed by atoms with Crippen LogP contribution >= 0.6 is 11.3 Å². The van der Waals surface area contributed by atoms with Gasteiger partial charge in [0.25, 0.3) is 0 Å². The Kier molecular flexibility index (Phi) is 7.56. The zero-order valence-electron chi connectivity index (χ0n) is 15.1. The van der Waals surface area contributed by atoms with Gasteiger partial charge in [0.05, 0.1) is 0 Å². The average Bonchev–Trinajstić information content (AvgIpc) is 3.02. The first kappa shape index (κ1) is 18.8. The number of fused-ring (bicyclic) bond motifs is 1. The molecule has 0 unspecified atom stereocenters. The Morgan fingerprint density at radius 3 is 3.00 bits per heavy atom. The number of hydrogen-bond donors (Lipinski definition) is 2. The maximum Gasteiger partial charge on any atom is 0.224 e. The number of aliphatic imine (C=N–C) groups is 1. The molecule has 0 bridgehead atoms. The van der Waals surface area contributed by atoms with Crippen molar-refractivity contribution in [3.05, 3.63) is 21.9 Å². The van der Waals surface area contributed by atoms with Crippen molar-refractivity contribution in [2.75, 3.05) is 26.2 Å². The average molecular weight is 351 g/mol. The molecular formula is C18H30N4OS. The lowest BCUT2D eigenvalue weighted by Crippen LogP contribution is -2.41. The van der Waals surface area contributed by atoms with Crippen LogP contribution in [-0.4, -0.2) is 42.9 Å². The predicted molar refractivity (Wildman–Crippen MR) is 101 cm³/mol. The van der Waals surface area contributed by atoms with E-state index in [0.29, 0.717) is 18.9 Å². The van der Waals surface area contributed by atoms with E-state index < -0.39 is 0 Å². The van der Waals surface area contributed by atoms with Gasteiger partial charge >= 0.3 is 0 Å². The van der Waals surface area contributed by atoms with Gasteiger partial charge in [0.1, 0.15) is 0 Å². The van der Waals surface area contributed by atoms with E-state index >= 15 is 0 Å². The zero-order valence-corrected chi connectivity index (χ0v) is 15.9. The van der Waals surface area contributed by atoms with Crippen molar-refractivity contribution in [3.8, 4) is 0 Å². The molecule has 0 aromatic carbocycles. The van der Waals surface area contributed by atoms with Gasteiger partial charge in [-0.05, 0) is 42.7 Å². The van der Waals surface area contributed by atoms with Crippen molar-refractivity contribution in [3.63, 3.8) is 0 Å². The highest BCUT2D eigenvalue weighted by Crippen LogP contribution is 2.24. The summed E-state index contributed by atoms with van der Waals surface area (Å²) in [5, 5.41) is 8.63. The second-order valence-corrected chi connectivity index (χ2v) is 7.55. The fourth-order valence-electron chi connectivity index (χ4n) is 2.68. The van der Waals surface area contributed by atoms with Crippen LogP contribution < -0.4 is 10.6 Å². The maximum atomic E-state index is 12.4. The van der Waals surface area contributed by atoms with Crippen molar-refractivity contribution >= 4 is 23.2 Å². The SMILES string of the molecule is CCNC(=NCCC(C)C)NCCC(=O)N1CCc2sccc2C1. The van der Waals surface area contributed by atoms with Crippen molar-refractivity contribution in [1.29, 1.82) is 0 Å². The van der Waals surface area contributed by atoms with Gasteiger partial charge in [0.15, 0.2) is 5.96 Å². The van der Waals surface area contributed by atoms with Gasteiger partial charge in [-0.25, -0.2) is 0 Å². The summed E-state index contributed by atoms with van der Waals surface area (Å²) < 4.78 is 0. The molecule has 0 fully saturated rings. The summed E-state index contributed by atoms with van der Waals surface area (Å²) in [6.45, 7) is 10.3. The van der Waals surface area contributed by atoms with Crippen molar-refractivity contribution in [2.45, 2.75) is 46.6 Å². The Morgan fingerprint density at radius 2 is 2.25 bits per heavy atom. The van der Waals surface area contributed by atoms with Gasteiger partial charge in [-0.1, -0.05) is 13.8 Å². The predicted octanol–water partition coefficient (Wildman–Crippen LogP) is 2.62. The summed E-state index contributed by atoms with van der Waals surface area (Å²) in [4.78, 5) is 20.4. The number of rotatable bonds is 7. The normalized spacial score (nSPS) is 14.7. The Hall–Kier alpha value is -1.56. The van der Waals surface area contributed by atoms with E-state index in [4.69, 9.17) is 0 Å². The molecule has 0 saturated heterocycles. The fourth-order valence-corrected chi connectivity index (χ4v) is 3.57. The summed E-state index contributed by atoms with van der Waals surface area (Å²) >= 11 is 1.80. The number of thiophene rings is 1. The molecule has 1 aliphatic heterocycles. The van der Waals surface area contributed by atoms with Crippen LogP contribution in [0.1, 0.15) is 44.1 Å². The molecule has 1 aromatic rings. The first-order chi connectivity index (χ1) is 11.6. The standard InChI is InChI=1S/C18H30N4OS/c1-4-19-18(20-9-5-14(2)3)21-10-6-17(23)22-11-7-16-15(13-22)8-12-24-16/h8,12,14H,4-7,9-11,13H2,1-3H3,(H2,19,20,21). The molecule has 0 spiro atoms. The smallest absolute Gasteiger partial charge is 0.224 e. The number of hydrogen-bond acceptors (Lipinski definition) is 3. The fraction of sp³-hybridized carbons (Fsp3) is 0.667. The quantitative estimate of drug-likeness (QED) is 0.587. The topological polar surface area (TPSA) is 56.7 Å². The van der Waals surface area contributed by atoms with Crippen molar-refractivity contribution < 1.29 is 4.79 Å². The lowest BCUT2D eigenvalue weighted by molar-refractivity contribution is -0.131. The molecule has 0 radical (unpaired) electrons. The molecular weight excluding hydrogens is 320 g/mol. The maximum absolute atomic E-state index is 12.4. The van der Waals surface area contributed by atoms with Crippen LogP contribution in [0.4, 0.5) is 0 Å². The molecule has 0 saturated carbocycles. The van der Waals surface area contributed by atoms with Gasteiger partial charge in [0, 0.05) is 44.0 Å². The van der Waals surface area contributed by atoms with E-state index in [2.05, 4.69) is 47.8 Å². The molecule has 6 heteroatoms. The highest BCUT2D eigenvalue weighted by molar-refractivity contribution is 7.10. The molecule has 1 aliphatic rings. The molecule has 5 nitrogen and oxygen atoms in total. The third-order valence-corrected chi connectivity index (χ3v) is 5.14. The number of carbonyl (C=O) groups is 1. The lowest BCUT2D eigenvalue weighted by atomic mass is 10.1. The summed E-state index contributed by atoms with van der Waals surface area (Å²) in [6, 6.07) is 2.14. The van der Waals surface area contributed by atoms with E-state index in [-0.39, 0.29) is 5.91 Å². The second kappa shape index (κ2) is 9.67. The number of guanidine groups is 1. The third-order valence-electron chi connectivity index (χ3n) is 4.11. The molecule has 1 amide bonds. The molecule has 24 heavy (non-hydrogen) atoms. The zero-order chi connectivity index (χ0) is 17.4. The molecule has 2 heterocycles. The Labute approximate surface area is 149 Å². The Morgan fingerprint density at radius 1 is 1.42 bits per heavy atom. The minimum absolute atomic E-state index is 0.220. The first-order valence-electron chi connectivity index (χ1n) is 8.95. The number of carbonyl (C=O) groups excluding carboxylic acids is 1. The van der Waals surface area contributed by atoms with Crippen LogP contribution in [-0.2, 0) is 17.8 Å². The van der Waals surface area contributed by atoms with E-state index in [1.807, 2.05) is 4.90 Å². The highest BCUT2D eigenvalue weighted by Gasteiger charge is 2.20. The first-order valence-corrected chi connectivity index (χ1v) is 9.83. The summed E-state index contributed by atoms with van der Waals surface area (Å²) in [5.74, 6) is 1.68. The minimum Gasteiger partial charge on any atom is -0.357 e. The highest BCUT2D eigenvalue weighted by atomic mass is 32.1. The van der Waals surface area contributed by atoms with Crippen molar-refractivity contribution in [1.82, 2.24) is 15.5 Å². The minimum atomic E-state index is 0.220. The van der Waals surface area contributed by atoms with Crippen LogP contribution in [0, 0.1) is 5.92 Å². The van der Waals surface area contributed by atoms with E-state index in [1.54, 1.807) is 11.3 Å². The number of nitrogens with one attached hydrogen (secondary N) is 2. The number of nitrogens with zero attached hydrogens (tertiary/aromatic N) is 2. The Bertz CT molecular complexity index is 553. The van der Waals surface area contributed by atoms with Gasteiger partial charge in [-0.15, -0.1) is 11.3 Å². The van der Waals surface area contributed by atoms with Gasteiger partial charge in [-0.2, -0.15) is 0 Å². The van der Waals surface area contributed by atoms with Crippen LogP contribution in [0.25, 0.3) is 0 Å². The summed E-state index contributed by atoms with van der Waals surface area (Å²) in [5.41, 5.74) is 1.32. The van der Waals surface area contributed by atoms with Gasteiger partial charge in [0.2, 0.25) is 5.91 Å². The summed E-state index contributed by atoms with van der Waals surface area (Å²) in [6.07, 6.45) is 2.58. The molecule has 134 valence electrons. The molecule has 0 atom stereocenters. The molecule has 0 aliphatic carbocycles. The van der Waals surface area contributed by atoms with Gasteiger partial charge in [-0.3, -0.25) is 9.79 Å². The van der Waals surface area contributed by atoms with Crippen LogP contribution in [0.3, 0.4) is 0 Å². The van der Waals surface area contributed by atoms with Crippen LogP contribution in [0.15, 0.2) is 16.4 Å². The van der Waals surface area contributed by atoms with Crippen LogP contribution in [0.5, 0.6) is 0 Å².